The van der Waals surface area contributed by atoms with Crippen molar-refractivity contribution in [3.63, 3.8) is 0 Å². The van der Waals surface area contributed by atoms with Crippen LogP contribution in [-0.4, -0.2) is 0 Å². The normalized spacial score (nSPS) is 9.38. The van der Waals surface area contributed by atoms with E-state index in [1.807, 2.05) is 0 Å². The van der Waals surface area contributed by atoms with E-state index in [0.717, 1.165) is 0 Å². The summed E-state index contributed by atoms with van der Waals surface area (Å²) < 4.78 is 0. The summed E-state index contributed by atoms with van der Waals surface area (Å²) in [6, 6.07) is 9.03. The Labute approximate surface area is 83.0 Å². The van der Waals surface area contributed by atoms with E-state index in [-0.39, 0.29) is 7.43 Å². The minimum atomic E-state index is 0. The van der Waals surface area contributed by atoms with Gasteiger partial charge in [-0.05, 0) is 24.0 Å². The molecule has 0 amide bonds. The predicted molar refractivity (Wildman–Crippen MR) is 61.2 cm³/mol. The van der Waals surface area contributed by atoms with E-state index in [9.17, 15) is 0 Å². The van der Waals surface area contributed by atoms with Crippen molar-refractivity contribution in [2.24, 2.45) is 0 Å². The highest BCUT2D eigenvalue weighted by atomic mass is 14.0. The predicted octanol–water partition coefficient (Wildman–Crippen LogP) is 4.23. The summed E-state index contributed by atoms with van der Waals surface area (Å²) in [7, 11) is 0. The first-order valence-electron chi connectivity index (χ1n) is 4.94. The van der Waals surface area contributed by atoms with Crippen LogP contribution in [-0.2, 0) is 12.8 Å². The lowest BCUT2D eigenvalue weighted by Gasteiger charge is -2.01. The average molecular weight is 178 g/mol. The zero-order valence-electron chi connectivity index (χ0n) is 8.14. The van der Waals surface area contributed by atoms with E-state index in [4.69, 9.17) is 0 Å². The van der Waals surface area contributed by atoms with Gasteiger partial charge in [-0.1, -0.05) is 58.4 Å². The summed E-state index contributed by atoms with van der Waals surface area (Å²) >= 11 is 0. The molecule has 0 N–H and O–H groups in total. The van der Waals surface area contributed by atoms with Crippen molar-refractivity contribution >= 4 is 0 Å². The van der Waals surface area contributed by atoms with E-state index in [1.165, 1.54) is 36.8 Å². The number of benzene rings is 1. The van der Waals surface area contributed by atoms with Crippen molar-refractivity contribution in [2.75, 3.05) is 0 Å². The Morgan fingerprint density at radius 2 is 1.08 bits per heavy atom. The summed E-state index contributed by atoms with van der Waals surface area (Å²) in [5.41, 5.74) is 2.94. The van der Waals surface area contributed by atoms with E-state index in [0.29, 0.717) is 0 Å². The van der Waals surface area contributed by atoms with Gasteiger partial charge in [0.15, 0.2) is 0 Å². The van der Waals surface area contributed by atoms with Gasteiger partial charge in [-0.3, -0.25) is 0 Å². The molecule has 0 heterocycles. The fourth-order valence-electron chi connectivity index (χ4n) is 1.45. The minimum Gasteiger partial charge on any atom is -0.0776 e. The van der Waals surface area contributed by atoms with Crippen LogP contribution in [0.25, 0.3) is 0 Å². The highest BCUT2D eigenvalue weighted by molar-refractivity contribution is 5.22. The van der Waals surface area contributed by atoms with Gasteiger partial charge in [0, 0.05) is 0 Å². The molecule has 13 heavy (non-hydrogen) atoms. The van der Waals surface area contributed by atoms with Gasteiger partial charge in [-0.2, -0.15) is 0 Å². The molecule has 0 heteroatoms. The van der Waals surface area contributed by atoms with Gasteiger partial charge in [0.05, 0.1) is 0 Å². The molecular formula is C13H22. The summed E-state index contributed by atoms with van der Waals surface area (Å²) in [6.07, 6.45) is 4.92. The monoisotopic (exact) mass is 178 g/mol. The summed E-state index contributed by atoms with van der Waals surface area (Å²) in [5.74, 6) is 0. The molecule has 74 valence electrons. The number of hydrogen-bond acceptors (Lipinski definition) is 0. The third-order valence-electron chi connectivity index (χ3n) is 2.10. The molecule has 0 aromatic heterocycles. The number of rotatable bonds is 4. The minimum absolute atomic E-state index is 0. The Morgan fingerprint density at radius 1 is 0.769 bits per heavy atom. The molecular weight excluding hydrogens is 156 g/mol. The van der Waals surface area contributed by atoms with E-state index >= 15 is 0 Å². The van der Waals surface area contributed by atoms with Crippen LogP contribution in [0.2, 0.25) is 0 Å². The van der Waals surface area contributed by atoms with Crippen LogP contribution in [0.4, 0.5) is 0 Å². The second-order valence-corrected chi connectivity index (χ2v) is 3.32. The molecule has 0 saturated carbocycles. The van der Waals surface area contributed by atoms with Gasteiger partial charge in [0.25, 0.3) is 0 Å². The van der Waals surface area contributed by atoms with Crippen molar-refractivity contribution in [1.82, 2.24) is 0 Å². The summed E-state index contributed by atoms with van der Waals surface area (Å²) in [6.45, 7) is 4.44. The van der Waals surface area contributed by atoms with Crippen LogP contribution in [0.15, 0.2) is 24.3 Å². The maximum atomic E-state index is 2.26. The van der Waals surface area contributed by atoms with Crippen LogP contribution < -0.4 is 0 Å². The zero-order chi connectivity index (χ0) is 8.81. The van der Waals surface area contributed by atoms with Gasteiger partial charge in [-0.15, -0.1) is 0 Å². The zero-order valence-corrected chi connectivity index (χ0v) is 8.14. The third-order valence-corrected chi connectivity index (χ3v) is 2.10. The molecule has 1 aromatic rings. The fourth-order valence-corrected chi connectivity index (χ4v) is 1.45. The first kappa shape index (κ1) is 12.2. The molecule has 0 spiro atoms. The quantitative estimate of drug-likeness (QED) is 0.647. The average Bonchev–Trinajstić information content (AvgIpc) is 2.09. The summed E-state index contributed by atoms with van der Waals surface area (Å²) in [5, 5.41) is 0. The largest absolute Gasteiger partial charge is 0.0776 e. The molecule has 0 radical (unpaired) electrons. The lowest BCUT2D eigenvalue weighted by molar-refractivity contribution is 0.904. The van der Waals surface area contributed by atoms with Gasteiger partial charge in [0.1, 0.15) is 0 Å². The third kappa shape index (κ3) is 4.12. The lowest BCUT2D eigenvalue weighted by Crippen LogP contribution is -1.85. The van der Waals surface area contributed by atoms with E-state index in [2.05, 4.69) is 38.1 Å². The Kier molecular flexibility index (Phi) is 6.30. The Bertz CT molecular complexity index is 183. The van der Waals surface area contributed by atoms with Crippen LogP contribution in [0, 0.1) is 0 Å². The van der Waals surface area contributed by atoms with E-state index in [1.54, 1.807) is 0 Å². The first-order chi connectivity index (χ1) is 5.86. The van der Waals surface area contributed by atoms with Crippen molar-refractivity contribution in [1.29, 1.82) is 0 Å². The highest BCUT2D eigenvalue weighted by Gasteiger charge is 1.92. The van der Waals surface area contributed by atoms with Gasteiger partial charge in [0.2, 0.25) is 0 Å². The summed E-state index contributed by atoms with van der Waals surface area (Å²) in [4.78, 5) is 0. The molecule has 0 aliphatic rings. The maximum absolute atomic E-state index is 2.26. The molecule has 0 bridgehead atoms. The second-order valence-electron chi connectivity index (χ2n) is 3.32. The maximum Gasteiger partial charge on any atom is -0.0281 e. The number of hydrogen-bond donors (Lipinski definition) is 0. The Morgan fingerprint density at radius 3 is 1.31 bits per heavy atom. The standard InChI is InChI=1S/C12H18.CH4/c1-3-5-11-7-9-12(6-4-2)10-8-11;/h7-10H,3-6H2,1-2H3;1H4. The number of aryl methyl sites for hydroxylation is 2. The molecule has 1 rings (SSSR count). The van der Waals surface area contributed by atoms with Gasteiger partial charge in [-0.25, -0.2) is 0 Å². The SMILES string of the molecule is C.CCCc1ccc(CCC)cc1. The Balaban J connectivity index is 0.00000144. The van der Waals surface area contributed by atoms with Gasteiger partial charge < -0.3 is 0 Å². The van der Waals surface area contributed by atoms with E-state index < -0.39 is 0 Å². The fraction of sp³-hybridized carbons (Fsp3) is 0.538. The topological polar surface area (TPSA) is 0 Å². The highest BCUT2D eigenvalue weighted by Crippen LogP contribution is 2.07. The smallest absolute Gasteiger partial charge is 0.0281 e. The van der Waals surface area contributed by atoms with Crippen LogP contribution in [0.5, 0.6) is 0 Å². The van der Waals surface area contributed by atoms with Crippen LogP contribution >= 0.6 is 0 Å². The van der Waals surface area contributed by atoms with Crippen LogP contribution in [0.3, 0.4) is 0 Å². The second kappa shape index (κ2) is 6.71. The molecule has 0 fully saturated rings. The first-order valence-corrected chi connectivity index (χ1v) is 4.94. The molecule has 0 saturated heterocycles. The molecule has 1 aromatic carbocycles. The molecule has 0 aliphatic carbocycles. The molecule has 0 atom stereocenters. The van der Waals surface area contributed by atoms with Crippen molar-refractivity contribution < 1.29 is 0 Å². The van der Waals surface area contributed by atoms with Crippen molar-refractivity contribution in [3.8, 4) is 0 Å². The van der Waals surface area contributed by atoms with Crippen molar-refractivity contribution in [2.45, 2.75) is 47.0 Å². The van der Waals surface area contributed by atoms with Gasteiger partial charge >= 0.3 is 0 Å². The molecule has 0 nitrogen and oxygen atoms in total. The van der Waals surface area contributed by atoms with Crippen LogP contribution in [0.1, 0.15) is 45.2 Å². The van der Waals surface area contributed by atoms with Crippen molar-refractivity contribution in [3.05, 3.63) is 35.4 Å². The molecule has 0 unspecified atom stereocenters. The lowest BCUT2D eigenvalue weighted by atomic mass is 10.1. The molecule has 0 aliphatic heterocycles. The Hall–Kier alpha value is -0.780.